The minimum atomic E-state index is -0.793. The summed E-state index contributed by atoms with van der Waals surface area (Å²) in [6.07, 6.45) is 5.02. The molecule has 1 saturated carbocycles. The Bertz CT molecular complexity index is 1190. The zero-order valence-corrected chi connectivity index (χ0v) is 19.8. The van der Waals surface area contributed by atoms with Gasteiger partial charge in [0, 0.05) is 36.1 Å². The first-order chi connectivity index (χ1) is 16.3. The molecule has 2 aromatic heterocycles. The van der Waals surface area contributed by atoms with E-state index in [1.807, 2.05) is 24.4 Å². The zero-order chi connectivity index (χ0) is 23.9. The molecule has 0 spiro atoms. The number of aliphatic hydroxyl groups is 1. The summed E-state index contributed by atoms with van der Waals surface area (Å²) in [5, 5.41) is 24.7. The van der Waals surface area contributed by atoms with Crippen LogP contribution >= 0.6 is 11.3 Å². The number of nitrogens with two attached hydrogens (primary N) is 1. The summed E-state index contributed by atoms with van der Waals surface area (Å²) in [5.74, 6) is 0.332. The van der Waals surface area contributed by atoms with Gasteiger partial charge >= 0.3 is 6.03 Å². The quantitative estimate of drug-likeness (QED) is 0.419. The number of fused-ring (bicyclic) bond motifs is 1. The number of anilines is 1. The van der Waals surface area contributed by atoms with Crippen LogP contribution in [0.5, 0.6) is 0 Å². The second kappa shape index (κ2) is 8.97. The van der Waals surface area contributed by atoms with Gasteiger partial charge in [-0.2, -0.15) is 4.68 Å². The highest BCUT2D eigenvalue weighted by Crippen LogP contribution is 2.40. The number of nitrogens with one attached hydrogen (secondary N) is 2. The summed E-state index contributed by atoms with van der Waals surface area (Å²) >= 11 is 1.51. The minimum Gasteiger partial charge on any atom is -0.383 e. The van der Waals surface area contributed by atoms with Gasteiger partial charge in [0.05, 0.1) is 18.1 Å². The van der Waals surface area contributed by atoms with Gasteiger partial charge in [0.15, 0.2) is 5.82 Å². The van der Waals surface area contributed by atoms with E-state index in [2.05, 4.69) is 25.6 Å². The Labute approximate surface area is 201 Å². The first-order valence-corrected chi connectivity index (χ1v) is 12.4. The summed E-state index contributed by atoms with van der Waals surface area (Å²) in [4.78, 5) is 30.9. The van der Waals surface area contributed by atoms with Crippen LogP contribution in [-0.4, -0.2) is 68.4 Å². The van der Waals surface area contributed by atoms with Gasteiger partial charge in [-0.25, -0.2) is 9.78 Å². The Morgan fingerprint density at radius 1 is 1.29 bits per heavy atom. The number of hydrogen-bond acceptors (Lipinski definition) is 8. The highest BCUT2D eigenvalue weighted by molar-refractivity contribution is 7.09. The minimum absolute atomic E-state index is 0.0552. The zero-order valence-electron chi connectivity index (χ0n) is 19.0. The van der Waals surface area contributed by atoms with Crippen LogP contribution in [-0.2, 0) is 10.4 Å². The lowest BCUT2D eigenvalue weighted by molar-refractivity contribution is -0.121. The lowest BCUT2D eigenvalue weighted by Crippen LogP contribution is -2.63. The molecule has 2 fully saturated rings. The van der Waals surface area contributed by atoms with Crippen LogP contribution in [0.15, 0.2) is 29.8 Å². The number of primary amides is 1. The smallest absolute Gasteiger partial charge is 0.340 e. The predicted molar refractivity (Wildman–Crippen MR) is 130 cm³/mol. The largest absolute Gasteiger partial charge is 0.383 e. The van der Waals surface area contributed by atoms with Gasteiger partial charge in [-0.1, -0.05) is 11.6 Å². The predicted octanol–water partition coefficient (Wildman–Crippen LogP) is 1.77. The van der Waals surface area contributed by atoms with Crippen LogP contribution in [0.2, 0.25) is 0 Å². The first kappa shape index (κ1) is 22.8. The Hall–Kier alpha value is -3.02. The molecule has 34 heavy (non-hydrogen) atoms. The van der Waals surface area contributed by atoms with Crippen molar-refractivity contribution in [3.05, 3.63) is 40.3 Å². The molecular formula is C23H29N7O3S. The fourth-order valence-corrected chi connectivity index (χ4v) is 5.78. The SMILES string of the molecule is Cc1ccc2c(c1)c(NCC(=O)NC1CN([C@H]3CC[C@@](O)(c4nccs4)CC3)C1)nn2C(N)=O. The number of aryl methyl sites for hydroxylation is 1. The van der Waals surface area contributed by atoms with Gasteiger partial charge in [0.25, 0.3) is 0 Å². The number of nitrogens with zero attached hydrogens (tertiary/aromatic N) is 4. The van der Waals surface area contributed by atoms with E-state index in [1.54, 1.807) is 12.3 Å². The van der Waals surface area contributed by atoms with E-state index >= 15 is 0 Å². The van der Waals surface area contributed by atoms with Crippen LogP contribution in [0.1, 0.15) is 36.3 Å². The molecular weight excluding hydrogens is 454 g/mol. The molecule has 3 heterocycles. The highest BCUT2D eigenvalue weighted by Gasteiger charge is 2.41. The average Bonchev–Trinajstić information content (AvgIpc) is 3.44. The van der Waals surface area contributed by atoms with Gasteiger partial charge in [-0.3, -0.25) is 9.69 Å². The third kappa shape index (κ3) is 4.38. The molecule has 0 radical (unpaired) electrons. The number of thiazole rings is 1. The van der Waals surface area contributed by atoms with Crippen LogP contribution in [0.3, 0.4) is 0 Å². The average molecular weight is 484 g/mol. The lowest BCUT2D eigenvalue weighted by Gasteiger charge is -2.47. The summed E-state index contributed by atoms with van der Waals surface area (Å²) in [6.45, 7) is 3.63. The number of likely N-dealkylation sites (tertiary alicyclic amines) is 1. The molecule has 5 rings (SSSR count). The van der Waals surface area contributed by atoms with Crippen molar-refractivity contribution in [2.45, 2.75) is 50.3 Å². The topological polar surface area (TPSA) is 138 Å². The fraction of sp³-hybridized carbons (Fsp3) is 0.478. The molecule has 10 nitrogen and oxygen atoms in total. The van der Waals surface area contributed by atoms with Crippen molar-refractivity contribution in [3.8, 4) is 0 Å². The molecule has 0 atom stereocenters. The number of carbonyl (C=O) groups is 2. The van der Waals surface area contributed by atoms with Gasteiger partial charge < -0.3 is 21.5 Å². The number of rotatable bonds is 6. The normalized spacial score (nSPS) is 23.5. The van der Waals surface area contributed by atoms with Crippen LogP contribution in [0.4, 0.5) is 10.6 Å². The van der Waals surface area contributed by atoms with Crippen molar-refractivity contribution in [1.82, 2.24) is 25.0 Å². The summed E-state index contributed by atoms with van der Waals surface area (Å²) in [7, 11) is 0. The van der Waals surface area contributed by atoms with Gasteiger partial charge in [-0.05, 0) is 44.7 Å². The Balaban J connectivity index is 1.10. The second-order valence-electron chi connectivity index (χ2n) is 9.29. The first-order valence-electron chi connectivity index (χ1n) is 11.5. The summed E-state index contributed by atoms with van der Waals surface area (Å²) in [5.41, 5.74) is 6.25. The standard InChI is InChI=1S/C23H29N7O3S/c1-14-2-3-18-17(10-14)20(28-30(18)22(24)32)26-11-19(31)27-15-12-29(13-15)16-4-6-23(33,7-5-16)21-25-8-9-34-21/h2-3,8-10,15-16,33H,4-7,11-13H2,1H3,(H2,24,32)(H,26,28)(H,27,31)/t16-,23-. The molecule has 11 heteroatoms. The molecule has 1 aliphatic carbocycles. The van der Waals surface area contributed by atoms with Crippen molar-refractivity contribution < 1.29 is 14.7 Å². The molecule has 1 aromatic carbocycles. The summed E-state index contributed by atoms with van der Waals surface area (Å²) < 4.78 is 1.14. The van der Waals surface area contributed by atoms with Crippen molar-refractivity contribution in [2.24, 2.45) is 5.73 Å². The van der Waals surface area contributed by atoms with Crippen LogP contribution in [0, 0.1) is 6.92 Å². The van der Waals surface area contributed by atoms with Gasteiger partial charge in [-0.15, -0.1) is 16.4 Å². The number of carbonyl (C=O) groups excluding carboxylic acids is 2. The van der Waals surface area contributed by atoms with Crippen LogP contribution < -0.4 is 16.4 Å². The number of aromatic nitrogens is 3. The maximum atomic E-state index is 12.5. The monoisotopic (exact) mass is 483 g/mol. The second-order valence-corrected chi connectivity index (χ2v) is 10.2. The maximum Gasteiger partial charge on any atom is 0.340 e. The molecule has 1 saturated heterocycles. The van der Waals surface area contributed by atoms with E-state index in [4.69, 9.17) is 5.73 Å². The van der Waals surface area contributed by atoms with Gasteiger partial charge in [0.2, 0.25) is 5.91 Å². The van der Waals surface area contributed by atoms with Crippen molar-refractivity contribution in [2.75, 3.05) is 25.0 Å². The van der Waals surface area contributed by atoms with Gasteiger partial charge in [0.1, 0.15) is 10.6 Å². The molecule has 2 amide bonds. The third-order valence-corrected chi connectivity index (χ3v) is 7.83. The molecule has 5 N–H and O–H groups in total. The van der Waals surface area contributed by atoms with E-state index in [-0.39, 0.29) is 18.5 Å². The molecule has 180 valence electrons. The fourth-order valence-electron chi connectivity index (χ4n) is 4.99. The van der Waals surface area contributed by atoms with Crippen molar-refractivity contribution in [1.29, 1.82) is 0 Å². The van der Waals surface area contributed by atoms with E-state index in [0.717, 1.165) is 46.6 Å². The Kier molecular flexibility index (Phi) is 6.00. The van der Waals surface area contributed by atoms with E-state index in [0.29, 0.717) is 30.2 Å². The van der Waals surface area contributed by atoms with Crippen LogP contribution in [0.25, 0.3) is 10.9 Å². The molecule has 3 aromatic rings. The van der Waals surface area contributed by atoms with E-state index in [1.165, 1.54) is 11.3 Å². The van der Waals surface area contributed by atoms with E-state index < -0.39 is 11.6 Å². The number of hydrogen-bond donors (Lipinski definition) is 4. The summed E-state index contributed by atoms with van der Waals surface area (Å²) in [6, 6.07) is 5.45. The lowest BCUT2D eigenvalue weighted by atomic mass is 9.81. The Morgan fingerprint density at radius 3 is 2.74 bits per heavy atom. The molecule has 0 bridgehead atoms. The molecule has 1 aliphatic heterocycles. The third-order valence-electron chi connectivity index (χ3n) is 6.86. The number of benzene rings is 1. The van der Waals surface area contributed by atoms with Crippen molar-refractivity contribution in [3.63, 3.8) is 0 Å². The maximum absolute atomic E-state index is 12.5. The highest BCUT2D eigenvalue weighted by atomic mass is 32.1. The molecule has 2 aliphatic rings. The Morgan fingerprint density at radius 2 is 2.06 bits per heavy atom. The molecule has 0 unspecified atom stereocenters. The van der Waals surface area contributed by atoms with Crippen molar-refractivity contribution >= 4 is 40.0 Å². The van der Waals surface area contributed by atoms with E-state index in [9.17, 15) is 14.7 Å². The number of amides is 2.